The van der Waals surface area contributed by atoms with Gasteiger partial charge in [0.2, 0.25) is 0 Å². The molecule has 0 spiro atoms. The van der Waals surface area contributed by atoms with E-state index in [-0.39, 0.29) is 11.7 Å². The summed E-state index contributed by atoms with van der Waals surface area (Å²) in [6.45, 7) is 5.67. The summed E-state index contributed by atoms with van der Waals surface area (Å²) in [5.41, 5.74) is 2.96. The Morgan fingerprint density at radius 1 is 1.26 bits per heavy atom. The minimum Gasteiger partial charge on any atom is -0.337 e. The van der Waals surface area contributed by atoms with Crippen molar-refractivity contribution < 1.29 is 9.18 Å². The zero-order chi connectivity index (χ0) is 18.8. The second kappa shape index (κ2) is 7.80. The normalized spacial score (nSPS) is 17.3. The molecular weight excluding hydrogens is 343 g/mol. The molecule has 2 heterocycles. The molecule has 1 aliphatic carbocycles. The molecule has 0 unspecified atom stereocenters. The van der Waals surface area contributed by atoms with Crippen LogP contribution in [-0.4, -0.2) is 46.8 Å². The van der Waals surface area contributed by atoms with Gasteiger partial charge in [0.25, 0.3) is 5.91 Å². The van der Waals surface area contributed by atoms with Crippen molar-refractivity contribution in [1.82, 2.24) is 20.0 Å². The van der Waals surface area contributed by atoms with Crippen LogP contribution in [0.5, 0.6) is 0 Å². The number of hydrogen-bond acceptors (Lipinski definition) is 3. The molecule has 2 aromatic rings. The molecule has 4 rings (SSSR count). The van der Waals surface area contributed by atoms with Crippen LogP contribution in [0.1, 0.15) is 47.9 Å². The van der Waals surface area contributed by atoms with Gasteiger partial charge in [-0.05, 0) is 63.2 Å². The third-order valence-corrected chi connectivity index (χ3v) is 5.80. The van der Waals surface area contributed by atoms with E-state index in [0.717, 1.165) is 69.5 Å². The molecule has 2 aliphatic rings. The summed E-state index contributed by atoms with van der Waals surface area (Å²) < 4.78 is 15.9. The Hall–Kier alpha value is -2.21. The maximum Gasteiger partial charge on any atom is 0.274 e. The number of carbonyl (C=O) groups excluding carboxylic acids is 1. The van der Waals surface area contributed by atoms with Crippen LogP contribution >= 0.6 is 0 Å². The number of likely N-dealkylation sites (tertiary alicyclic amines) is 1. The lowest BCUT2D eigenvalue weighted by atomic mass is 9.96. The van der Waals surface area contributed by atoms with E-state index >= 15 is 0 Å². The van der Waals surface area contributed by atoms with Gasteiger partial charge in [-0.2, -0.15) is 5.10 Å². The zero-order valence-electron chi connectivity index (χ0n) is 15.9. The van der Waals surface area contributed by atoms with Crippen LogP contribution in [0.25, 0.3) is 5.69 Å². The quantitative estimate of drug-likeness (QED) is 0.880. The van der Waals surface area contributed by atoms with Crippen LogP contribution in [0.4, 0.5) is 4.39 Å². The lowest BCUT2D eigenvalue weighted by Gasteiger charge is -2.31. The van der Waals surface area contributed by atoms with Gasteiger partial charge >= 0.3 is 0 Å². The summed E-state index contributed by atoms with van der Waals surface area (Å²) in [6.07, 6.45) is 4.73. The van der Waals surface area contributed by atoms with Crippen molar-refractivity contribution >= 4 is 5.91 Å². The number of carbonyl (C=O) groups is 1. The number of nitrogens with zero attached hydrogens (tertiary/aromatic N) is 3. The Balaban J connectivity index is 1.56. The fraction of sp³-hybridized carbons (Fsp3) is 0.524. The van der Waals surface area contributed by atoms with Gasteiger partial charge in [0.15, 0.2) is 5.69 Å². The predicted octanol–water partition coefficient (Wildman–Crippen LogP) is 2.96. The van der Waals surface area contributed by atoms with Crippen LogP contribution in [0.3, 0.4) is 0 Å². The maximum absolute atomic E-state index is 14.3. The highest BCUT2D eigenvalue weighted by molar-refractivity contribution is 5.94. The highest BCUT2D eigenvalue weighted by atomic mass is 19.1. The molecule has 27 heavy (non-hydrogen) atoms. The molecule has 0 bridgehead atoms. The lowest BCUT2D eigenvalue weighted by Crippen LogP contribution is -2.41. The molecule has 0 saturated carbocycles. The molecular formula is C21H27FN4O. The number of rotatable bonds is 5. The van der Waals surface area contributed by atoms with Crippen molar-refractivity contribution in [3.63, 3.8) is 0 Å². The summed E-state index contributed by atoms with van der Waals surface area (Å²) in [6, 6.07) is 6.64. The lowest BCUT2D eigenvalue weighted by molar-refractivity contribution is 0.0682. The molecule has 1 aromatic carbocycles. The van der Waals surface area contributed by atoms with E-state index in [4.69, 9.17) is 0 Å². The number of para-hydroxylation sites is 1. The average Bonchev–Trinajstić information content (AvgIpc) is 3.30. The Kier molecular flexibility index (Phi) is 5.25. The smallest absolute Gasteiger partial charge is 0.274 e. The van der Waals surface area contributed by atoms with Crippen molar-refractivity contribution in [2.24, 2.45) is 5.92 Å². The van der Waals surface area contributed by atoms with Crippen molar-refractivity contribution in [3.05, 3.63) is 47.0 Å². The largest absolute Gasteiger partial charge is 0.337 e. The Morgan fingerprint density at radius 3 is 2.78 bits per heavy atom. The summed E-state index contributed by atoms with van der Waals surface area (Å²) in [4.78, 5) is 15.1. The second-order valence-corrected chi connectivity index (χ2v) is 7.53. The third-order valence-electron chi connectivity index (χ3n) is 5.80. The standard InChI is InChI=1S/C21H27FN4O/c1-2-23-14-15-10-12-25(13-11-15)21(27)20-16-6-5-9-18(16)26(24-20)19-8-4-3-7-17(19)22/h3-4,7-8,15,23H,2,5-6,9-14H2,1H3. The SMILES string of the molecule is CCNCC1CCN(C(=O)c2nn(-c3ccccc3F)c3c2CCC3)CC1. The number of aromatic nitrogens is 2. The molecule has 1 fully saturated rings. The van der Waals surface area contributed by atoms with Gasteiger partial charge in [-0.1, -0.05) is 19.1 Å². The fourth-order valence-electron chi connectivity index (χ4n) is 4.27. The van der Waals surface area contributed by atoms with E-state index in [1.807, 2.05) is 4.90 Å². The van der Waals surface area contributed by atoms with Gasteiger partial charge in [-0.3, -0.25) is 4.79 Å². The van der Waals surface area contributed by atoms with Crippen LogP contribution < -0.4 is 5.32 Å². The number of hydrogen-bond donors (Lipinski definition) is 1. The van der Waals surface area contributed by atoms with Gasteiger partial charge in [-0.25, -0.2) is 9.07 Å². The van der Waals surface area contributed by atoms with Crippen LogP contribution in [0.2, 0.25) is 0 Å². The van der Waals surface area contributed by atoms with E-state index in [2.05, 4.69) is 17.3 Å². The molecule has 6 heteroatoms. The number of halogens is 1. The van der Waals surface area contributed by atoms with Gasteiger partial charge in [0.1, 0.15) is 11.5 Å². The molecule has 0 atom stereocenters. The zero-order valence-corrected chi connectivity index (χ0v) is 15.9. The van der Waals surface area contributed by atoms with Gasteiger partial charge in [-0.15, -0.1) is 0 Å². The average molecular weight is 370 g/mol. The summed E-state index contributed by atoms with van der Waals surface area (Å²) in [5, 5.41) is 7.98. The minimum absolute atomic E-state index is 0.00476. The molecule has 1 amide bonds. The van der Waals surface area contributed by atoms with E-state index in [1.54, 1.807) is 22.9 Å². The molecule has 1 N–H and O–H groups in total. The van der Waals surface area contributed by atoms with Crippen molar-refractivity contribution in [2.75, 3.05) is 26.2 Å². The molecule has 5 nitrogen and oxygen atoms in total. The van der Waals surface area contributed by atoms with E-state index in [0.29, 0.717) is 17.3 Å². The Bertz CT molecular complexity index is 824. The van der Waals surface area contributed by atoms with Gasteiger partial charge in [0.05, 0.1) is 0 Å². The predicted molar refractivity (Wildman–Crippen MR) is 103 cm³/mol. The monoisotopic (exact) mass is 370 g/mol. The second-order valence-electron chi connectivity index (χ2n) is 7.53. The molecule has 1 saturated heterocycles. The highest BCUT2D eigenvalue weighted by Gasteiger charge is 2.31. The number of fused-ring (bicyclic) bond motifs is 1. The first kappa shape index (κ1) is 18.2. The fourth-order valence-corrected chi connectivity index (χ4v) is 4.27. The Morgan fingerprint density at radius 2 is 2.04 bits per heavy atom. The summed E-state index contributed by atoms with van der Waals surface area (Å²) >= 11 is 0. The molecule has 1 aromatic heterocycles. The highest BCUT2D eigenvalue weighted by Crippen LogP contribution is 2.30. The number of amides is 1. The van der Waals surface area contributed by atoms with E-state index in [1.165, 1.54) is 6.07 Å². The maximum atomic E-state index is 14.3. The number of nitrogens with one attached hydrogen (secondary N) is 1. The summed E-state index contributed by atoms with van der Waals surface area (Å²) in [7, 11) is 0. The van der Waals surface area contributed by atoms with E-state index in [9.17, 15) is 9.18 Å². The van der Waals surface area contributed by atoms with Crippen LogP contribution in [0.15, 0.2) is 24.3 Å². The number of benzene rings is 1. The topological polar surface area (TPSA) is 50.2 Å². The van der Waals surface area contributed by atoms with Gasteiger partial charge in [0, 0.05) is 24.3 Å². The molecule has 144 valence electrons. The summed E-state index contributed by atoms with van der Waals surface area (Å²) in [5.74, 6) is 0.332. The van der Waals surface area contributed by atoms with Crippen molar-refractivity contribution in [3.8, 4) is 5.69 Å². The third kappa shape index (κ3) is 3.50. The first-order chi connectivity index (χ1) is 13.2. The Labute approximate surface area is 159 Å². The van der Waals surface area contributed by atoms with Crippen molar-refractivity contribution in [1.29, 1.82) is 0 Å². The van der Waals surface area contributed by atoms with Crippen LogP contribution in [0, 0.1) is 11.7 Å². The first-order valence-electron chi connectivity index (χ1n) is 10.0. The molecule has 0 radical (unpaired) electrons. The van der Waals surface area contributed by atoms with Crippen LogP contribution in [-0.2, 0) is 12.8 Å². The minimum atomic E-state index is -0.307. The number of piperidine rings is 1. The van der Waals surface area contributed by atoms with Crippen molar-refractivity contribution in [2.45, 2.75) is 39.0 Å². The van der Waals surface area contributed by atoms with Gasteiger partial charge < -0.3 is 10.2 Å². The van der Waals surface area contributed by atoms with E-state index < -0.39 is 0 Å². The molecule has 1 aliphatic heterocycles. The first-order valence-corrected chi connectivity index (χ1v) is 10.0.